The third-order valence-electron chi connectivity index (χ3n) is 3.15. The second-order valence-electron chi connectivity index (χ2n) is 4.73. The van der Waals surface area contributed by atoms with Crippen molar-refractivity contribution < 1.29 is 24.4 Å². The maximum absolute atomic E-state index is 12.1. The first-order valence-corrected chi connectivity index (χ1v) is 7.03. The molecule has 0 heterocycles. The highest BCUT2D eigenvalue weighted by atomic mass is 16.5. The second kappa shape index (κ2) is 8.70. The van der Waals surface area contributed by atoms with Crippen molar-refractivity contribution in [2.45, 2.75) is 6.92 Å². The van der Waals surface area contributed by atoms with Crippen molar-refractivity contribution in [2.75, 3.05) is 27.8 Å². The number of quaternary nitrogens is 1. The Morgan fingerprint density at radius 2 is 1.91 bits per heavy atom. The lowest BCUT2D eigenvalue weighted by Crippen LogP contribution is -2.73. The van der Waals surface area contributed by atoms with Gasteiger partial charge in [-0.1, -0.05) is 0 Å². The van der Waals surface area contributed by atoms with Gasteiger partial charge in [-0.25, -0.2) is 0 Å². The van der Waals surface area contributed by atoms with Gasteiger partial charge in [0.05, 0.1) is 34.0 Å². The molecule has 0 atom stereocenters. The van der Waals surface area contributed by atoms with Crippen LogP contribution in [0.1, 0.15) is 17.3 Å². The summed E-state index contributed by atoms with van der Waals surface area (Å²) < 4.78 is 10.2. The molecule has 0 bridgehead atoms. The summed E-state index contributed by atoms with van der Waals surface area (Å²) in [4.78, 5) is 24.0. The molecule has 0 aromatic heterocycles. The number of nitrogens with one attached hydrogen (secondary N) is 2. The van der Waals surface area contributed by atoms with E-state index < -0.39 is 11.7 Å². The smallest absolute Gasteiger partial charge is 0.251 e. The highest BCUT2D eigenvalue weighted by molar-refractivity contribution is 6.45. The average molecular weight is 320 g/mol. The second-order valence-corrected chi connectivity index (χ2v) is 4.73. The summed E-state index contributed by atoms with van der Waals surface area (Å²) in [6, 6.07) is 4.71. The van der Waals surface area contributed by atoms with Gasteiger partial charge in [0, 0.05) is 11.1 Å². The van der Waals surface area contributed by atoms with Crippen molar-refractivity contribution in [3.05, 3.63) is 35.5 Å². The molecular formula is C16H22N3O4+. The number of benzene rings is 1. The zero-order valence-corrected chi connectivity index (χ0v) is 13.7. The molecule has 0 aliphatic rings. The van der Waals surface area contributed by atoms with Gasteiger partial charge in [-0.05, 0) is 25.1 Å². The van der Waals surface area contributed by atoms with Crippen LogP contribution in [0, 0.1) is 5.41 Å². The summed E-state index contributed by atoms with van der Waals surface area (Å²) in [5.74, 6) is 0.0696. The fourth-order valence-corrected chi connectivity index (χ4v) is 1.88. The summed E-state index contributed by atoms with van der Waals surface area (Å²) in [5.41, 5.74) is 0.782. The number of Topliss-reactive ketones (excluding diaryl/α,β-unsaturated/α-hetero) is 1. The molecule has 4 N–H and O–H groups in total. The van der Waals surface area contributed by atoms with Crippen LogP contribution in [0.3, 0.4) is 0 Å². The third-order valence-corrected chi connectivity index (χ3v) is 3.15. The maximum Gasteiger partial charge on any atom is 0.251 e. The van der Waals surface area contributed by atoms with E-state index in [1.807, 2.05) is 0 Å². The Morgan fingerprint density at radius 1 is 1.26 bits per heavy atom. The van der Waals surface area contributed by atoms with Gasteiger partial charge in [-0.2, -0.15) is 0 Å². The van der Waals surface area contributed by atoms with Crippen LogP contribution in [-0.4, -0.2) is 45.2 Å². The van der Waals surface area contributed by atoms with E-state index in [1.165, 1.54) is 20.3 Å². The zero-order valence-electron chi connectivity index (χ0n) is 13.7. The number of allylic oxidation sites excluding steroid dienone is 1. The first-order valence-electron chi connectivity index (χ1n) is 7.03. The molecule has 0 aliphatic heterocycles. The number of hydrogen-bond acceptors (Lipinski definition) is 5. The predicted molar refractivity (Wildman–Crippen MR) is 86.2 cm³/mol. The van der Waals surface area contributed by atoms with E-state index in [9.17, 15) is 9.59 Å². The third kappa shape index (κ3) is 4.93. The molecule has 1 amide bonds. The Bertz CT molecular complexity index is 638. The van der Waals surface area contributed by atoms with Gasteiger partial charge in [0.2, 0.25) is 0 Å². The quantitative estimate of drug-likeness (QED) is 0.592. The molecule has 7 heteroatoms. The van der Waals surface area contributed by atoms with E-state index in [-0.39, 0.29) is 12.3 Å². The topological polar surface area (TPSA) is 105 Å². The van der Waals surface area contributed by atoms with Gasteiger partial charge < -0.3 is 20.1 Å². The van der Waals surface area contributed by atoms with Crippen LogP contribution in [0.25, 0.3) is 0 Å². The normalized spacial score (nSPS) is 10.9. The molecule has 7 nitrogen and oxygen atoms in total. The van der Waals surface area contributed by atoms with Gasteiger partial charge in [-0.15, -0.1) is 0 Å². The van der Waals surface area contributed by atoms with Crippen LogP contribution < -0.4 is 20.1 Å². The van der Waals surface area contributed by atoms with Crippen molar-refractivity contribution >= 4 is 17.4 Å². The van der Waals surface area contributed by atoms with Gasteiger partial charge in [0.1, 0.15) is 5.71 Å². The van der Waals surface area contributed by atoms with Crippen LogP contribution in [0.5, 0.6) is 11.5 Å². The molecule has 1 aromatic carbocycles. The van der Waals surface area contributed by atoms with Crippen LogP contribution in [-0.2, 0) is 4.79 Å². The lowest BCUT2D eigenvalue weighted by molar-refractivity contribution is -0.557. The van der Waals surface area contributed by atoms with Crippen molar-refractivity contribution in [1.29, 1.82) is 5.41 Å². The van der Waals surface area contributed by atoms with Crippen LogP contribution in [0.2, 0.25) is 0 Å². The molecular weight excluding hydrogens is 298 g/mol. The fourth-order valence-electron chi connectivity index (χ4n) is 1.88. The SMILES string of the molecule is C[NH2+]C=C(C)C(=N)C(=O)CNC(=O)c1ccc(OC)c(OC)c1. The molecule has 0 unspecified atom stereocenters. The first kappa shape index (κ1) is 18.4. The van der Waals surface area contributed by atoms with Crippen molar-refractivity contribution in [2.24, 2.45) is 0 Å². The van der Waals surface area contributed by atoms with Gasteiger partial charge >= 0.3 is 0 Å². The molecule has 0 spiro atoms. The number of ether oxygens (including phenoxy) is 2. The van der Waals surface area contributed by atoms with Crippen molar-refractivity contribution in [3.8, 4) is 11.5 Å². The number of nitrogens with two attached hydrogens (primary N) is 1. The summed E-state index contributed by atoms with van der Waals surface area (Å²) in [5, 5.41) is 12.0. The van der Waals surface area contributed by atoms with Crippen molar-refractivity contribution in [1.82, 2.24) is 5.32 Å². The summed E-state index contributed by atoms with van der Waals surface area (Å²) in [7, 11) is 4.79. The fraction of sp³-hybridized carbons (Fsp3) is 0.312. The van der Waals surface area contributed by atoms with E-state index in [4.69, 9.17) is 14.9 Å². The van der Waals surface area contributed by atoms with E-state index >= 15 is 0 Å². The largest absolute Gasteiger partial charge is 0.493 e. The molecule has 23 heavy (non-hydrogen) atoms. The van der Waals surface area contributed by atoms with Crippen LogP contribution in [0.15, 0.2) is 30.0 Å². The molecule has 0 radical (unpaired) electrons. The number of rotatable bonds is 8. The zero-order chi connectivity index (χ0) is 17.4. The minimum Gasteiger partial charge on any atom is -0.493 e. The number of amides is 1. The summed E-state index contributed by atoms with van der Waals surface area (Å²) in [6.07, 6.45) is 1.68. The minimum atomic E-state index is -0.450. The Kier molecular flexibility index (Phi) is 6.95. The Morgan fingerprint density at radius 3 is 2.48 bits per heavy atom. The lowest BCUT2D eigenvalue weighted by atomic mass is 10.1. The average Bonchev–Trinajstić information content (AvgIpc) is 2.57. The van der Waals surface area contributed by atoms with Gasteiger partial charge in [-0.3, -0.25) is 15.0 Å². The highest BCUT2D eigenvalue weighted by Crippen LogP contribution is 2.27. The van der Waals surface area contributed by atoms with E-state index in [0.717, 1.165) is 0 Å². The minimum absolute atomic E-state index is 0.115. The molecule has 0 saturated heterocycles. The Labute approximate surface area is 135 Å². The van der Waals surface area contributed by atoms with Crippen molar-refractivity contribution in [3.63, 3.8) is 0 Å². The van der Waals surface area contributed by atoms with E-state index in [2.05, 4.69) is 5.32 Å². The molecule has 1 aromatic rings. The van der Waals surface area contributed by atoms with Gasteiger partial charge in [0.15, 0.2) is 17.3 Å². The molecule has 124 valence electrons. The first-order chi connectivity index (χ1) is 10.9. The summed E-state index contributed by atoms with van der Waals surface area (Å²) in [6.45, 7) is 1.44. The molecule has 0 saturated carbocycles. The molecule has 0 fully saturated rings. The number of carbonyl (C=O) groups is 2. The Balaban J connectivity index is 2.72. The van der Waals surface area contributed by atoms with E-state index in [1.54, 1.807) is 37.6 Å². The van der Waals surface area contributed by atoms with Gasteiger partial charge in [0.25, 0.3) is 5.91 Å². The number of methoxy groups -OCH3 is 2. The molecule has 1 rings (SSSR count). The summed E-state index contributed by atoms with van der Waals surface area (Å²) >= 11 is 0. The standard InChI is InChI=1S/C16H21N3O4/c1-10(8-18-2)15(17)12(20)9-19-16(21)11-5-6-13(22-3)14(7-11)23-4/h5-8,17-18H,9H2,1-4H3,(H,19,21)/p+1. The monoisotopic (exact) mass is 320 g/mol. The van der Waals surface area contributed by atoms with Crippen LogP contribution in [0.4, 0.5) is 0 Å². The lowest BCUT2D eigenvalue weighted by Gasteiger charge is -2.10. The maximum atomic E-state index is 12.1. The Hall–Kier alpha value is -2.67. The number of ketones is 1. The predicted octanol–water partition coefficient (Wildman–Crippen LogP) is 0.119. The highest BCUT2D eigenvalue weighted by Gasteiger charge is 2.15. The number of hydrogen-bond donors (Lipinski definition) is 3. The van der Waals surface area contributed by atoms with E-state index in [0.29, 0.717) is 22.6 Å². The van der Waals surface area contributed by atoms with Crippen LogP contribution >= 0.6 is 0 Å². The molecule has 0 aliphatic carbocycles. The number of carbonyl (C=O) groups excluding carboxylic acids is 2.